The van der Waals surface area contributed by atoms with Gasteiger partial charge in [-0.3, -0.25) is 4.79 Å². The van der Waals surface area contributed by atoms with Crippen molar-refractivity contribution in [3.8, 4) is 0 Å². The highest BCUT2D eigenvalue weighted by atomic mass is 35.5. The lowest BCUT2D eigenvalue weighted by Crippen LogP contribution is -2.29. The van der Waals surface area contributed by atoms with Crippen molar-refractivity contribution in [1.29, 1.82) is 0 Å². The van der Waals surface area contributed by atoms with E-state index >= 15 is 0 Å². The Morgan fingerprint density at radius 2 is 2.11 bits per heavy atom. The normalized spacial score (nSPS) is 14.7. The number of anilines is 2. The SMILES string of the molecule is Nc1cc(F)c(Cl)cc1NCCC(=O)N1CCCC1. The summed E-state index contributed by atoms with van der Waals surface area (Å²) in [5, 5.41) is 3.03. The smallest absolute Gasteiger partial charge is 0.224 e. The van der Waals surface area contributed by atoms with Gasteiger partial charge in [-0.25, -0.2) is 4.39 Å². The second kappa shape index (κ2) is 6.10. The molecule has 0 spiro atoms. The lowest BCUT2D eigenvalue weighted by molar-refractivity contribution is -0.129. The highest BCUT2D eigenvalue weighted by Gasteiger charge is 2.17. The molecule has 1 amide bonds. The summed E-state index contributed by atoms with van der Waals surface area (Å²) in [7, 11) is 0. The maximum absolute atomic E-state index is 13.1. The zero-order chi connectivity index (χ0) is 13.8. The number of carbonyl (C=O) groups is 1. The average molecular weight is 286 g/mol. The highest BCUT2D eigenvalue weighted by Crippen LogP contribution is 2.26. The van der Waals surface area contributed by atoms with Crippen LogP contribution < -0.4 is 11.1 Å². The first kappa shape index (κ1) is 13.9. The molecule has 1 aromatic carbocycles. The molecule has 0 saturated carbocycles. The number of hydrogen-bond donors (Lipinski definition) is 2. The number of nitrogens with two attached hydrogens (primary N) is 1. The van der Waals surface area contributed by atoms with E-state index in [1.807, 2.05) is 4.90 Å². The van der Waals surface area contributed by atoms with Gasteiger partial charge in [0, 0.05) is 32.1 Å². The van der Waals surface area contributed by atoms with Gasteiger partial charge in [-0.05, 0) is 18.9 Å². The maximum Gasteiger partial charge on any atom is 0.224 e. The average Bonchev–Trinajstić information content (AvgIpc) is 2.89. The Morgan fingerprint density at radius 1 is 1.42 bits per heavy atom. The second-order valence-corrected chi connectivity index (χ2v) is 5.03. The van der Waals surface area contributed by atoms with Gasteiger partial charge >= 0.3 is 0 Å². The van der Waals surface area contributed by atoms with Gasteiger partial charge in [0.15, 0.2) is 0 Å². The minimum Gasteiger partial charge on any atom is -0.397 e. The number of likely N-dealkylation sites (tertiary alicyclic amines) is 1. The topological polar surface area (TPSA) is 58.4 Å². The van der Waals surface area contributed by atoms with Crippen LogP contribution in [0.25, 0.3) is 0 Å². The van der Waals surface area contributed by atoms with E-state index in [1.54, 1.807) is 0 Å². The van der Waals surface area contributed by atoms with Crippen molar-refractivity contribution >= 4 is 28.9 Å². The predicted molar refractivity (Wildman–Crippen MR) is 74.7 cm³/mol. The molecule has 6 heteroatoms. The number of carbonyl (C=O) groups excluding carboxylic acids is 1. The van der Waals surface area contributed by atoms with Gasteiger partial charge in [0.05, 0.1) is 16.4 Å². The van der Waals surface area contributed by atoms with Gasteiger partial charge in [-0.1, -0.05) is 11.6 Å². The number of nitrogens with zero attached hydrogens (tertiary/aromatic N) is 1. The van der Waals surface area contributed by atoms with Crippen LogP contribution in [0.2, 0.25) is 5.02 Å². The molecule has 2 rings (SSSR count). The van der Waals surface area contributed by atoms with E-state index in [9.17, 15) is 9.18 Å². The summed E-state index contributed by atoms with van der Waals surface area (Å²) in [5.41, 5.74) is 6.52. The third kappa shape index (κ3) is 3.50. The molecule has 0 atom stereocenters. The molecule has 0 aromatic heterocycles. The van der Waals surface area contributed by atoms with Crippen LogP contribution in [0.1, 0.15) is 19.3 Å². The van der Waals surface area contributed by atoms with E-state index in [1.165, 1.54) is 12.1 Å². The minimum absolute atomic E-state index is 0.0163. The number of benzene rings is 1. The third-order valence-electron chi connectivity index (χ3n) is 3.21. The van der Waals surface area contributed by atoms with Crippen molar-refractivity contribution < 1.29 is 9.18 Å². The Kier molecular flexibility index (Phi) is 4.47. The molecule has 104 valence electrons. The van der Waals surface area contributed by atoms with Crippen molar-refractivity contribution in [2.24, 2.45) is 0 Å². The van der Waals surface area contributed by atoms with Gasteiger partial charge in [0.1, 0.15) is 5.82 Å². The van der Waals surface area contributed by atoms with Gasteiger partial charge in [0.2, 0.25) is 5.91 Å². The summed E-state index contributed by atoms with van der Waals surface area (Å²) < 4.78 is 13.1. The first-order valence-corrected chi connectivity index (χ1v) is 6.72. The molecule has 1 aliphatic rings. The lowest BCUT2D eigenvalue weighted by Gasteiger charge is -2.16. The summed E-state index contributed by atoms with van der Waals surface area (Å²) in [6, 6.07) is 2.61. The van der Waals surface area contributed by atoms with Gasteiger partial charge in [-0.15, -0.1) is 0 Å². The fraction of sp³-hybridized carbons (Fsp3) is 0.462. The molecule has 19 heavy (non-hydrogen) atoms. The molecule has 0 aliphatic carbocycles. The first-order chi connectivity index (χ1) is 9.08. The number of halogens is 2. The van der Waals surface area contributed by atoms with Crippen molar-refractivity contribution in [1.82, 2.24) is 4.90 Å². The predicted octanol–water partition coefficient (Wildman–Crippen LogP) is 2.49. The summed E-state index contributed by atoms with van der Waals surface area (Å²) in [6.45, 7) is 2.16. The molecule has 1 fully saturated rings. The molecule has 0 unspecified atom stereocenters. The standard InChI is InChI=1S/C13H17ClFN3O/c14-9-7-12(11(16)8-10(9)15)17-4-3-13(19)18-5-1-2-6-18/h7-8,17H,1-6,16H2. The van der Waals surface area contributed by atoms with E-state index in [0.717, 1.165) is 25.9 Å². The molecule has 0 bridgehead atoms. The first-order valence-electron chi connectivity index (χ1n) is 6.34. The van der Waals surface area contributed by atoms with Crippen LogP contribution >= 0.6 is 11.6 Å². The molecule has 1 aromatic rings. The fourth-order valence-corrected chi connectivity index (χ4v) is 2.31. The zero-order valence-corrected chi connectivity index (χ0v) is 11.3. The fourth-order valence-electron chi connectivity index (χ4n) is 2.14. The van der Waals surface area contributed by atoms with Gasteiger partial charge in [-0.2, -0.15) is 0 Å². The maximum atomic E-state index is 13.1. The molecule has 4 nitrogen and oxygen atoms in total. The van der Waals surface area contributed by atoms with Crippen LogP contribution in [-0.2, 0) is 4.79 Å². The van der Waals surface area contributed by atoms with Crippen molar-refractivity contribution in [2.75, 3.05) is 30.7 Å². The lowest BCUT2D eigenvalue weighted by atomic mass is 10.2. The van der Waals surface area contributed by atoms with Crippen molar-refractivity contribution in [2.45, 2.75) is 19.3 Å². The molecule has 3 N–H and O–H groups in total. The van der Waals surface area contributed by atoms with Crippen LogP contribution in [0.5, 0.6) is 0 Å². The van der Waals surface area contributed by atoms with Crippen molar-refractivity contribution in [3.05, 3.63) is 23.0 Å². The van der Waals surface area contributed by atoms with E-state index in [-0.39, 0.29) is 16.6 Å². The number of amides is 1. The van der Waals surface area contributed by atoms with Crippen LogP contribution in [0.3, 0.4) is 0 Å². The molecule has 0 radical (unpaired) electrons. The van der Waals surface area contributed by atoms with Crippen LogP contribution in [0.15, 0.2) is 12.1 Å². The summed E-state index contributed by atoms with van der Waals surface area (Å²) >= 11 is 5.69. The largest absolute Gasteiger partial charge is 0.397 e. The highest BCUT2D eigenvalue weighted by molar-refractivity contribution is 6.31. The third-order valence-corrected chi connectivity index (χ3v) is 3.50. The van der Waals surface area contributed by atoms with Gasteiger partial charge < -0.3 is 16.0 Å². The molecule has 1 saturated heterocycles. The Hall–Kier alpha value is -1.49. The second-order valence-electron chi connectivity index (χ2n) is 4.62. The van der Waals surface area contributed by atoms with E-state index in [0.29, 0.717) is 18.7 Å². The van der Waals surface area contributed by atoms with E-state index < -0.39 is 5.82 Å². The van der Waals surface area contributed by atoms with Crippen LogP contribution in [-0.4, -0.2) is 30.4 Å². The van der Waals surface area contributed by atoms with Crippen molar-refractivity contribution in [3.63, 3.8) is 0 Å². The number of nitrogens with one attached hydrogen (secondary N) is 1. The van der Waals surface area contributed by atoms with Crippen LogP contribution in [0.4, 0.5) is 15.8 Å². The number of rotatable bonds is 4. The summed E-state index contributed by atoms with van der Waals surface area (Å²) in [5.74, 6) is -0.408. The Morgan fingerprint density at radius 3 is 2.79 bits per heavy atom. The minimum atomic E-state index is -0.544. The monoisotopic (exact) mass is 285 g/mol. The number of hydrogen-bond acceptors (Lipinski definition) is 3. The molecular formula is C13H17ClFN3O. The quantitative estimate of drug-likeness (QED) is 0.836. The zero-order valence-electron chi connectivity index (χ0n) is 10.6. The number of nitrogen functional groups attached to an aromatic ring is 1. The molecule has 1 heterocycles. The molecular weight excluding hydrogens is 269 g/mol. The van der Waals surface area contributed by atoms with E-state index in [2.05, 4.69) is 5.32 Å². The Labute approximate surface area is 116 Å². The van der Waals surface area contributed by atoms with Crippen LogP contribution in [0, 0.1) is 5.82 Å². The van der Waals surface area contributed by atoms with E-state index in [4.69, 9.17) is 17.3 Å². The molecule has 1 aliphatic heterocycles. The Balaban J connectivity index is 1.85. The Bertz CT molecular complexity index is 475. The summed E-state index contributed by atoms with van der Waals surface area (Å²) in [6.07, 6.45) is 2.56. The van der Waals surface area contributed by atoms with Gasteiger partial charge in [0.25, 0.3) is 0 Å². The summed E-state index contributed by atoms with van der Waals surface area (Å²) in [4.78, 5) is 13.7.